The number of esters is 1. The van der Waals surface area contributed by atoms with Gasteiger partial charge in [-0.25, -0.2) is 10.3 Å². The van der Waals surface area contributed by atoms with E-state index in [4.69, 9.17) is 21.4 Å². The van der Waals surface area contributed by atoms with Gasteiger partial charge in [0.15, 0.2) is 0 Å². The molecule has 12 N–H and O–H groups in total. The number of nitrogens with two attached hydrogens (primary N) is 2. The van der Waals surface area contributed by atoms with E-state index in [1.54, 1.807) is 76.2 Å². The quantitative estimate of drug-likeness (QED) is 0.0714. The van der Waals surface area contributed by atoms with E-state index in [0.29, 0.717) is 47.9 Å². The molecule has 58 heavy (non-hydrogen) atoms. The second kappa shape index (κ2) is 21.2. The molecule has 0 spiro atoms. The molecular weight excluding hydrogens is 746 g/mol. The van der Waals surface area contributed by atoms with Gasteiger partial charge in [-0.1, -0.05) is 23.7 Å². The van der Waals surface area contributed by atoms with Crippen LogP contribution in [0.4, 0.5) is 0 Å². The number of carbonyl (C=O) groups excluding carboxylic acids is 4. The van der Waals surface area contributed by atoms with Gasteiger partial charge in [-0.15, -0.1) is 0 Å². The van der Waals surface area contributed by atoms with E-state index in [2.05, 4.69) is 58.0 Å². The topological polar surface area (TPSA) is 267 Å². The highest BCUT2D eigenvalue weighted by atomic mass is 16.5. The summed E-state index contributed by atoms with van der Waals surface area (Å²) in [5.41, 5.74) is 13.2. The van der Waals surface area contributed by atoms with Crippen LogP contribution >= 0.6 is 0 Å². The Morgan fingerprint density at radius 2 is 0.983 bits per heavy atom. The molecule has 4 rings (SSSR count). The second-order valence-electron chi connectivity index (χ2n) is 15.3. The summed E-state index contributed by atoms with van der Waals surface area (Å²) in [5, 5.41) is 51.9. The zero-order chi connectivity index (χ0) is 43.2. The lowest BCUT2D eigenvalue weighted by atomic mass is 9.95. The molecule has 0 saturated heterocycles. The Morgan fingerprint density at radius 3 is 1.29 bits per heavy atom. The average molecular weight is 798 g/mol. The van der Waals surface area contributed by atoms with Gasteiger partial charge in [-0.05, 0) is 126 Å². The molecule has 2 fully saturated rings. The monoisotopic (exact) mass is 797 g/mol. The van der Waals surface area contributed by atoms with Gasteiger partial charge >= 0.3 is 5.97 Å². The molecule has 2 aliphatic carbocycles. The van der Waals surface area contributed by atoms with Crippen LogP contribution in [0, 0.1) is 59.2 Å². The van der Waals surface area contributed by atoms with E-state index >= 15 is 0 Å². The van der Waals surface area contributed by atoms with Crippen LogP contribution in [-0.4, -0.2) is 104 Å². The SMILES string of the molecule is CC(C)(N)[C@H](NC(=O)c1ccc(C#CC#CC2C[C@@H](O)[C@@H](O)C2)cc1)C(=O)NO.COC(=O)[C@@H](NC(=O)c1ccc(C#CC#CC2C[C@@H](O)[C@@H](O)C2)cc1)C(C)(C)N. The van der Waals surface area contributed by atoms with Crippen molar-refractivity contribution in [3.63, 3.8) is 0 Å². The van der Waals surface area contributed by atoms with Gasteiger partial charge in [0, 0.05) is 45.2 Å². The first-order valence-corrected chi connectivity index (χ1v) is 18.4. The van der Waals surface area contributed by atoms with Crippen LogP contribution in [0.25, 0.3) is 0 Å². The molecule has 0 bridgehead atoms. The van der Waals surface area contributed by atoms with Crippen molar-refractivity contribution in [2.75, 3.05) is 7.11 Å². The van der Waals surface area contributed by atoms with Crippen molar-refractivity contribution in [1.82, 2.24) is 16.1 Å². The molecular formula is C43H51N5O10. The Morgan fingerprint density at radius 1 is 0.638 bits per heavy atom. The number of aliphatic hydroxyl groups excluding tert-OH is 4. The van der Waals surface area contributed by atoms with Crippen LogP contribution in [-0.2, 0) is 14.3 Å². The number of methoxy groups -OCH3 is 1. The Balaban J connectivity index is 0.000000310. The van der Waals surface area contributed by atoms with Gasteiger partial charge in [0.2, 0.25) is 0 Å². The fourth-order valence-corrected chi connectivity index (χ4v) is 5.86. The summed E-state index contributed by atoms with van der Waals surface area (Å²) >= 11 is 0. The molecule has 0 heterocycles. The van der Waals surface area contributed by atoms with Gasteiger partial charge in [0.25, 0.3) is 17.7 Å². The molecule has 308 valence electrons. The van der Waals surface area contributed by atoms with Crippen LogP contribution in [0.2, 0.25) is 0 Å². The number of hydroxylamine groups is 1. The standard InChI is InChI=1S/C22H26N2O5.C21H25N3O5/c1-22(2,23)19(21(28)29-3)24-20(27)16-10-8-14(9-11-16)6-4-5-7-15-12-17(25)18(26)13-15;1-21(2,22)18(20(28)24-29)23-19(27)15-9-7-13(8-10-15)5-3-4-6-14-11-16(25)17(26)12-14/h8-11,15,17-19,25-26H,12-13,23H2,1-3H3,(H,24,27);7-10,14,16-18,25-26,29H,11-12,22H2,1-2H3,(H,23,27)(H,24,28)/t15?,17-,18+,19-;14?,16-,17+,18-/m11/s1. The molecule has 0 aromatic heterocycles. The number of amides is 3. The van der Waals surface area contributed by atoms with Crippen LogP contribution in [0.3, 0.4) is 0 Å². The molecule has 0 aliphatic heterocycles. The van der Waals surface area contributed by atoms with E-state index in [0.717, 1.165) is 0 Å². The minimum Gasteiger partial charge on any atom is -0.467 e. The number of hydrogen-bond donors (Lipinski definition) is 10. The van der Waals surface area contributed by atoms with E-state index < -0.39 is 71.3 Å². The summed E-state index contributed by atoms with van der Waals surface area (Å²) in [6, 6.07) is 10.8. The molecule has 2 saturated carbocycles. The number of hydrogen-bond acceptors (Lipinski definition) is 12. The summed E-state index contributed by atoms with van der Waals surface area (Å²) in [4.78, 5) is 48.4. The first-order valence-electron chi connectivity index (χ1n) is 18.4. The van der Waals surface area contributed by atoms with Crippen molar-refractivity contribution in [2.45, 2.75) is 101 Å². The van der Waals surface area contributed by atoms with Crippen LogP contribution in [0.15, 0.2) is 48.5 Å². The van der Waals surface area contributed by atoms with Crippen molar-refractivity contribution < 1.29 is 49.5 Å². The minimum atomic E-state index is -1.12. The largest absolute Gasteiger partial charge is 0.467 e. The highest BCUT2D eigenvalue weighted by molar-refractivity contribution is 5.98. The van der Waals surface area contributed by atoms with Crippen molar-refractivity contribution >= 4 is 23.7 Å². The maximum Gasteiger partial charge on any atom is 0.330 e. The van der Waals surface area contributed by atoms with Crippen LogP contribution in [0.1, 0.15) is 85.2 Å². The number of aliphatic hydroxyl groups is 4. The van der Waals surface area contributed by atoms with E-state index in [1.165, 1.54) is 12.6 Å². The maximum absolute atomic E-state index is 12.4. The Hall–Kier alpha value is -5.72. The lowest BCUT2D eigenvalue weighted by molar-refractivity contribution is -0.144. The van der Waals surface area contributed by atoms with Crippen LogP contribution in [0.5, 0.6) is 0 Å². The summed E-state index contributed by atoms with van der Waals surface area (Å²) in [6.07, 6.45) is -1.11. The Kier molecular flexibility index (Phi) is 17.0. The van der Waals surface area contributed by atoms with E-state index in [-0.39, 0.29) is 11.8 Å². The van der Waals surface area contributed by atoms with Crippen LogP contribution < -0.4 is 27.6 Å². The zero-order valence-corrected chi connectivity index (χ0v) is 33.0. The van der Waals surface area contributed by atoms with Crippen molar-refractivity contribution in [2.24, 2.45) is 23.3 Å². The summed E-state index contributed by atoms with van der Waals surface area (Å²) < 4.78 is 4.71. The lowest BCUT2D eigenvalue weighted by Crippen LogP contribution is -2.61. The molecule has 15 heteroatoms. The van der Waals surface area contributed by atoms with Gasteiger partial charge < -0.3 is 47.3 Å². The van der Waals surface area contributed by atoms with Crippen molar-refractivity contribution in [3.8, 4) is 47.4 Å². The molecule has 2 aromatic rings. The van der Waals surface area contributed by atoms with Gasteiger partial charge in [0.05, 0.1) is 31.5 Å². The molecule has 2 aliphatic rings. The smallest absolute Gasteiger partial charge is 0.330 e. The molecule has 2 unspecified atom stereocenters. The highest BCUT2D eigenvalue weighted by Crippen LogP contribution is 2.26. The fourth-order valence-electron chi connectivity index (χ4n) is 5.86. The molecule has 8 atom stereocenters. The first kappa shape index (κ1) is 46.7. The van der Waals surface area contributed by atoms with Crippen molar-refractivity contribution in [1.29, 1.82) is 0 Å². The number of ether oxygens (including phenoxy) is 1. The average Bonchev–Trinajstić information content (AvgIpc) is 3.68. The predicted octanol–water partition coefficient (Wildman–Crippen LogP) is -0.304. The Bertz CT molecular complexity index is 1860. The first-order chi connectivity index (χ1) is 27.2. The molecule has 15 nitrogen and oxygen atoms in total. The number of nitrogens with one attached hydrogen (secondary N) is 3. The molecule has 3 amide bonds. The number of rotatable bonds is 8. The van der Waals surface area contributed by atoms with Gasteiger partial charge in [-0.3, -0.25) is 19.6 Å². The summed E-state index contributed by atoms with van der Waals surface area (Å²) in [6.45, 7) is 6.36. The maximum atomic E-state index is 12.4. The normalized spacial score (nSPS) is 21.8. The number of carbonyl (C=O) groups is 4. The second-order valence-corrected chi connectivity index (χ2v) is 15.3. The highest BCUT2D eigenvalue weighted by Gasteiger charge is 2.35. The molecule has 2 aromatic carbocycles. The van der Waals surface area contributed by atoms with Gasteiger partial charge in [0.1, 0.15) is 12.1 Å². The number of benzene rings is 2. The van der Waals surface area contributed by atoms with E-state index in [1.807, 2.05) is 0 Å². The van der Waals surface area contributed by atoms with Crippen molar-refractivity contribution in [3.05, 3.63) is 70.8 Å². The van der Waals surface area contributed by atoms with Gasteiger partial charge in [-0.2, -0.15) is 0 Å². The molecule has 0 radical (unpaired) electrons. The minimum absolute atomic E-state index is 0.0603. The predicted molar refractivity (Wildman–Crippen MR) is 213 cm³/mol. The summed E-state index contributed by atoms with van der Waals surface area (Å²) in [7, 11) is 1.24. The third-order valence-corrected chi connectivity index (χ3v) is 9.23. The van der Waals surface area contributed by atoms with E-state index in [9.17, 15) is 39.6 Å². The summed E-state index contributed by atoms with van der Waals surface area (Å²) in [5.74, 6) is 19.9. The lowest BCUT2D eigenvalue weighted by Gasteiger charge is -2.29. The fraction of sp³-hybridized carbons (Fsp3) is 0.442. The zero-order valence-electron chi connectivity index (χ0n) is 33.0. The third-order valence-electron chi connectivity index (χ3n) is 9.23. The third kappa shape index (κ3) is 14.3. The Labute approximate surface area is 338 Å².